The number of halogens is 5. The van der Waals surface area contributed by atoms with Gasteiger partial charge in [-0.05, 0) is 61.5 Å². The quantitative estimate of drug-likeness (QED) is 0.182. The van der Waals surface area contributed by atoms with E-state index in [0.717, 1.165) is 11.6 Å². The molecule has 4 aromatic carbocycles. The third kappa shape index (κ3) is 5.33. The zero-order valence-electron chi connectivity index (χ0n) is 22.2. The van der Waals surface area contributed by atoms with Crippen LogP contribution in [-0.4, -0.2) is 14.8 Å². The van der Waals surface area contributed by atoms with Gasteiger partial charge in [0.15, 0.2) is 5.65 Å². The molecule has 0 saturated heterocycles. The number of rotatable bonds is 6. The Balaban J connectivity index is 1.46. The highest BCUT2D eigenvalue weighted by Gasteiger charge is 2.36. The Kier molecular flexibility index (Phi) is 7.16. The second-order valence-electron chi connectivity index (χ2n) is 9.73. The van der Waals surface area contributed by atoms with Crippen LogP contribution in [0.3, 0.4) is 0 Å². The maximum absolute atomic E-state index is 14.6. The standard InChI is InChI=1S/C33H22ClF4N3O/c1-20-10-12-22(13-11-20)31-30-26(33(36,37)38)18-29(39-32(30)41(40-31)23-6-3-2-4-7-23)21-14-16-24(17-15-21)42-19-25-27(34)8-5-9-28(25)35/h2-18H,19H2,1H3. The molecule has 42 heavy (non-hydrogen) atoms. The third-order valence-electron chi connectivity index (χ3n) is 6.86. The summed E-state index contributed by atoms with van der Waals surface area (Å²) >= 11 is 6.08. The second-order valence-corrected chi connectivity index (χ2v) is 10.1. The Morgan fingerprint density at radius 1 is 0.833 bits per heavy atom. The van der Waals surface area contributed by atoms with Crippen LogP contribution in [0.15, 0.2) is 103 Å². The summed E-state index contributed by atoms with van der Waals surface area (Å²) in [5.74, 6) is -0.0949. The summed E-state index contributed by atoms with van der Waals surface area (Å²) in [7, 11) is 0. The van der Waals surface area contributed by atoms with Crippen LogP contribution < -0.4 is 4.74 Å². The van der Waals surface area contributed by atoms with Crippen LogP contribution in [-0.2, 0) is 12.8 Å². The molecule has 0 N–H and O–H groups in total. The summed E-state index contributed by atoms with van der Waals surface area (Å²) in [6.07, 6.45) is -4.68. The van der Waals surface area contributed by atoms with Crippen LogP contribution in [0.2, 0.25) is 5.02 Å². The monoisotopic (exact) mass is 587 g/mol. The van der Waals surface area contributed by atoms with E-state index in [4.69, 9.17) is 21.3 Å². The number of para-hydroxylation sites is 1. The summed E-state index contributed by atoms with van der Waals surface area (Å²) in [6.45, 7) is 1.80. The predicted molar refractivity (Wildman–Crippen MR) is 155 cm³/mol. The van der Waals surface area contributed by atoms with Crippen LogP contribution >= 0.6 is 11.6 Å². The summed E-state index contributed by atoms with van der Waals surface area (Å²) in [4.78, 5) is 4.70. The number of fused-ring (bicyclic) bond motifs is 1. The fourth-order valence-corrected chi connectivity index (χ4v) is 4.92. The number of pyridine rings is 1. The van der Waals surface area contributed by atoms with Crippen molar-refractivity contribution in [2.75, 3.05) is 0 Å². The van der Waals surface area contributed by atoms with E-state index in [1.54, 1.807) is 66.7 Å². The van der Waals surface area contributed by atoms with Gasteiger partial charge in [0.25, 0.3) is 0 Å². The van der Waals surface area contributed by atoms with Gasteiger partial charge in [-0.2, -0.15) is 18.3 Å². The zero-order valence-corrected chi connectivity index (χ0v) is 22.9. The van der Waals surface area contributed by atoms with Crippen molar-refractivity contribution in [1.82, 2.24) is 14.8 Å². The van der Waals surface area contributed by atoms with E-state index >= 15 is 0 Å². The maximum atomic E-state index is 14.6. The van der Waals surface area contributed by atoms with Gasteiger partial charge in [0.05, 0.1) is 27.4 Å². The Hall–Kier alpha value is -4.69. The Labute approximate surface area is 243 Å². The van der Waals surface area contributed by atoms with Gasteiger partial charge < -0.3 is 4.74 Å². The molecule has 0 spiro atoms. The summed E-state index contributed by atoms with van der Waals surface area (Å²) in [5.41, 5.74) is 2.31. The lowest BCUT2D eigenvalue weighted by Gasteiger charge is -2.13. The first-order valence-electron chi connectivity index (χ1n) is 13.0. The molecule has 2 aromatic heterocycles. The average molecular weight is 588 g/mol. The lowest BCUT2D eigenvalue weighted by atomic mass is 10.0. The van der Waals surface area contributed by atoms with Crippen LogP contribution in [0.5, 0.6) is 5.75 Å². The first-order valence-corrected chi connectivity index (χ1v) is 13.4. The van der Waals surface area contributed by atoms with Crippen molar-refractivity contribution in [2.24, 2.45) is 0 Å². The molecule has 6 rings (SSSR count). The van der Waals surface area contributed by atoms with Gasteiger partial charge in [-0.25, -0.2) is 14.1 Å². The maximum Gasteiger partial charge on any atom is 0.417 e. The predicted octanol–water partition coefficient (Wildman–Crippen LogP) is 9.45. The Morgan fingerprint density at radius 2 is 1.52 bits per heavy atom. The molecule has 6 aromatic rings. The molecule has 210 valence electrons. The molecular formula is C33H22ClF4N3O. The molecule has 0 amide bonds. The number of hydrogen-bond donors (Lipinski definition) is 0. The SMILES string of the molecule is Cc1ccc(-c2nn(-c3ccccc3)c3nc(-c4ccc(OCc5c(F)cccc5Cl)cc4)cc(C(F)(F)F)c23)cc1. The van der Waals surface area contributed by atoms with Crippen molar-refractivity contribution in [1.29, 1.82) is 0 Å². The summed E-state index contributed by atoms with van der Waals surface area (Å²) < 4.78 is 65.2. The van der Waals surface area contributed by atoms with E-state index in [1.165, 1.54) is 16.8 Å². The first-order chi connectivity index (χ1) is 20.2. The third-order valence-corrected chi connectivity index (χ3v) is 7.22. The van der Waals surface area contributed by atoms with E-state index in [-0.39, 0.29) is 39.6 Å². The molecule has 0 bridgehead atoms. The van der Waals surface area contributed by atoms with Crippen molar-refractivity contribution < 1.29 is 22.3 Å². The molecule has 0 aliphatic carbocycles. The molecule has 4 nitrogen and oxygen atoms in total. The minimum atomic E-state index is -4.68. The fourth-order valence-electron chi connectivity index (χ4n) is 4.70. The minimum Gasteiger partial charge on any atom is -0.489 e. The molecule has 9 heteroatoms. The Bertz CT molecular complexity index is 1860. The largest absolute Gasteiger partial charge is 0.489 e. The van der Waals surface area contributed by atoms with E-state index in [1.807, 2.05) is 25.1 Å². The van der Waals surface area contributed by atoms with E-state index in [0.29, 0.717) is 22.6 Å². The van der Waals surface area contributed by atoms with E-state index in [2.05, 4.69) is 5.10 Å². The summed E-state index contributed by atoms with van der Waals surface area (Å²) in [6, 6.07) is 27.9. The lowest BCUT2D eigenvalue weighted by Crippen LogP contribution is -2.08. The summed E-state index contributed by atoms with van der Waals surface area (Å²) in [5, 5.41) is 4.80. The fraction of sp³-hybridized carbons (Fsp3) is 0.0909. The van der Waals surface area contributed by atoms with Gasteiger partial charge >= 0.3 is 6.18 Å². The number of nitrogens with zero attached hydrogens (tertiary/aromatic N) is 3. The van der Waals surface area contributed by atoms with Crippen LogP contribution in [0.25, 0.3) is 39.2 Å². The molecular weight excluding hydrogens is 566 g/mol. The minimum absolute atomic E-state index is 0.0797. The second kappa shape index (κ2) is 10.9. The number of alkyl halides is 3. The molecule has 0 unspecified atom stereocenters. The molecule has 0 radical (unpaired) electrons. The Morgan fingerprint density at radius 3 is 2.19 bits per heavy atom. The highest BCUT2D eigenvalue weighted by atomic mass is 35.5. The van der Waals surface area contributed by atoms with Crippen molar-refractivity contribution in [3.05, 3.63) is 131 Å². The van der Waals surface area contributed by atoms with Gasteiger partial charge in [0.1, 0.15) is 23.9 Å². The molecule has 0 aliphatic heterocycles. The van der Waals surface area contributed by atoms with Crippen LogP contribution in [0.4, 0.5) is 17.6 Å². The van der Waals surface area contributed by atoms with Crippen molar-refractivity contribution in [2.45, 2.75) is 19.7 Å². The number of ether oxygens (including phenoxy) is 1. The highest BCUT2D eigenvalue weighted by Crippen LogP contribution is 2.41. The topological polar surface area (TPSA) is 39.9 Å². The van der Waals surface area contributed by atoms with Gasteiger partial charge in [0.2, 0.25) is 0 Å². The normalized spacial score (nSPS) is 11.7. The van der Waals surface area contributed by atoms with Crippen molar-refractivity contribution in [3.63, 3.8) is 0 Å². The number of benzene rings is 4. The van der Waals surface area contributed by atoms with E-state index in [9.17, 15) is 17.6 Å². The first kappa shape index (κ1) is 27.5. The van der Waals surface area contributed by atoms with Gasteiger partial charge in [0, 0.05) is 16.7 Å². The lowest BCUT2D eigenvalue weighted by molar-refractivity contribution is -0.136. The van der Waals surface area contributed by atoms with Crippen LogP contribution in [0.1, 0.15) is 16.7 Å². The molecule has 0 fully saturated rings. The smallest absolute Gasteiger partial charge is 0.417 e. The van der Waals surface area contributed by atoms with Crippen molar-refractivity contribution in [3.8, 4) is 34.0 Å². The van der Waals surface area contributed by atoms with Crippen LogP contribution in [0, 0.1) is 12.7 Å². The molecule has 2 heterocycles. The zero-order chi connectivity index (χ0) is 29.4. The van der Waals surface area contributed by atoms with Gasteiger partial charge in [-0.3, -0.25) is 0 Å². The molecule has 0 saturated carbocycles. The van der Waals surface area contributed by atoms with Gasteiger partial charge in [-0.15, -0.1) is 0 Å². The molecule has 0 aliphatic rings. The highest BCUT2D eigenvalue weighted by molar-refractivity contribution is 6.31. The number of hydrogen-bond acceptors (Lipinski definition) is 3. The van der Waals surface area contributed by atoms with Crippen molar-refractivity contribution >= 4 is 22.6 Å². The van der Waals surface area contributed by atoms with Gasteiger partial charge in [-0.1, -0.05) is 65.7 Å². The molecule has 0 atom stereocenters. The van der Waals surface area contributed by atoms with E-state index < -0.39 is 17.6 Å². The average Bonchev–Trinajstić information content (AvgIpc) is 3.36. The number of aryl methyl sites for hydroxylation is 1. The number of aromatic nitrogens is 3.